The van der Waals surface area contributed by atoms with Gasteiger partial charge in [0.05, 0.1) is 10.7 Å². The van der Waals surface area contributed by atoms with Crippen LogP contribution in [0.2, 0.25) is 5.02 Å². The van der Waals surface area contributed by atoms with Crippen LogP contribution in [0.3, 0.4) is 0 Å². The summed E-state index contributed by atoms with van der Waals surface area (Å²) in [7, 11) is 0. The van der Waals surface area contributed by atoms with Crippen molar-refractivity contribution in [1.82, 2.24) is 20.2 Å². The summed E-state index contributed by atoms with van der Waals surface area (Å²) in [5.41, 5.74) is 2.36. The van der Waals surface area contributed by atoms with Crippen molar-refractivity contribution in [3.05, 3.63) is 58.9 Å². The van der Waals surface area contributed by atoms with Gasteiger partial charge in [0.25, 0.3) is 0 Å². The fourth-order valence-electron chi connectivity index (χ4n) is 2.35. The van der Waals surface area contributed by atoms with Gasteiger partial charge < -0.3 is 5.32 Å². The average molecular weight is 374 g/mol. The highest BCUT2D eigenvalue weighted by Crippen LogP contribution is 2.22. The number of carbonyl (C=O) groups excluding carboxylic acids is 1. The van der Waals surface area contributed by atoms with Gasteiger partial charge in [0.2, 0.25) is 11.7 Å². The Morgan fingerprint density at radius 2 is 1.96 bits per heavy atom. The zero-order valence-electron chi connectivity index (χ0n) is 14.3. The minimum absolute atomic E-state index is 0.121. The molecule has 0 aliphatic rings. The highest BCUT2D eigenvalue weighted by molar-refractivity contribution is 6.33. The molecule has 1 amide bonds. The maximum atomic E-state index is 13.0. The number of rotatable bonds is 5. The van der Waals surface area contributed by atoms with E-state index in [2.05, 4.69) is 34.6 Å². The molecule has 0 fully saturated rings. The Morgan fingerprint density at radius 1 is 1.23 bits per heavy atom. The smallest absolute Gasteiger partial charge is 0.248 e. The lowest BCUT2D eigenvalue weighted by Gasteiger charge is -2.06. The zero-order chi connectivity index (χ0) is 18.7. The molecule has 0 radical (unpaired) electrons. The second-order valence-electron chi connectivity index (χ2n) is 6.09. The summed E-state index contributed by atoms with van der Waals surface area (Å²) in [6.45, 7) is 4.11. The Bertz CT molecular complexity index is 924. The monoisotopic (exact) mass is 373 g/mol. The predicted octanol–water partition coefficient (Wildman–Crippen LogP) is 3.89. The largest absolute Gasteiger partial charge is 0.323 e. The zero-order valence-corrected chi connectivity index (χ0v) is 15.0. The number of nitrogens with zero attached hydrogens (tertiary/aromatic N) is 4. The van der Waals surface area contributed by atoms with E-state index in [0.717, 1.165) is 11.6 Å². The quantitative estimate of drug-likeness (QED) is 0.736. The lowest BCUT2D eigenvalue weighted by molar-refractivity contribution is -0.117. The summed E-state index contributed by atoms with van der Waals surface area (Å²) in [4.78, 5) is 13.3. The molecule has 26 heavy (non-hydrogen) atoms. The minimum atomic E-state index is -0.473. The summed E-state index contributed by atoms with van der Waals surface area (Å²) in [6, 6.07) is 11.6. The van der Waals surface area contributed by atoms with Crippen LogP contribution in [-0.2, 0) is 11.3 Å². The van der Waals surface area contributed by atoms with Crippen molar-refractivity contribution >= 4 is 23.2 Å². The SMILES string of the molecule is CC(C)c1ccc(-c2nnn(CC(=O)Nc3ccc(F)cc3Cl)n2)cc1. The van der Waals surface area contributed by atoms with Crippen molar-refractivity contribution in [2.24, 2.45) is 0 Å². The van der Waals surface area contributed by atoms with Crippen molar-refractivity contribution in [3.8, 4) is 11.4 Å². The van der Waals surface area contributed by atoms with Gasteiger partial charge in [0.15, 0.2) is 0 Å². The normalized spacial score (nSPS) is 11.0. The number of anilines is 1. The number of carbonyl (C=O) groups is 1. The second kappa shape index (κ2) is 7.61. The molecule has 1 aromatic heterocycles. The molecule has 0 saturated heterocycles. The molecule has 1 heterocycles. The van der Waals surface area contributed by atoms with Crippen LogP contribution in [0.15, 0.2) is 42.5 Å². The van der Waals surface area contributed by atoms with Gasteiger partial charge >= 0.3 is 0 Å². The number of benzene rings is 2. The third kappa shape index (κ3) is 4.23. The van der Waals surface area contributed by atoms with E-state index in [4.69, 9.17) is 11.6 Å². The standard InChI is InChI=1S/C18H17ClFN5O/c1-11(2)12-3-5-13(6-4-12)18-22-24-25(23-18)10-17(26)21-16-8-7-14(20)9-15(16)19/h3-9,11H,10H2,1-2H3,(H,21,26). The molecule has 0 atom stereocenters. The molecule has 0 aliphatic carbocycles. The van der Waals surface area contributed by atoms with E-state index >= 15 is 0 Å². The molecule has 3 aromatic rings. The number of hydrogen-bond acceptors (Lipinski definition) is 4. The van der Waals surface area contributed by atoms with E-state index in [-0.39, 0.29) is 11.6 Å². The van der Waals surface area contributed by atoms with Crippen molar-refractivity contribution in [1.29, 1.82) is 0 Å². The minimum Gasteiger partial charge on any atom is -0.323 e. The van der Waals surface area contributed by atoms with Crippen LogP contribution in [0.25, 0.3) is 11.4 Å². The molecule has 0 unspecified atom stereocenters. The predicted molar refractivity (Wildman–Crippen MR) is 97.4 cm³/mol. The number of aromatic nitrogens is 4. The Labute approximate surface area is 155 Å². The van der Waals surface area contributed by atoms with Crippen LogP contribution in [0.1, 0.15) is 25.3 Å². The summed E-state index contributed by atoms with van der Waals surface area (Å²) in [5, 5.41) is 14.8. The Kier molecular flexibility index (Phi) is 5.27. The number of hydrogen-bond donors (Lipinski definition) is 1. The maximum Gasteiger partial charge on any atom is 0.248 e. The lowest BCUT2D eigenvalue weighted by atomic mass is 10.0. The van der Waals surface area contributed by atoms with Gasteiger partial charge in [-0.2, -0.15) is 4.80 Å². The molecular weight excluding hydrogens is 357 g/mol. The maximum absolute atomic E-state index is 13.0. The molecule has 0 aliphatic heterocycles. The van der Waals surface area contributed by atoms with Gasteiger partial charge in [-0.3, -0.25) is 4.79 Å². The molecule has 6 nitrogen and oxygen atoms in total. The number of tetrazole rings is 1. The molecule has 3 rings (SSSR count). The molecule has 0 spiro atoms. The second-order valence-corrected chi connectivity index (χ2v) is 6.50. The first kappa shape index (κ1) is 18.0. The summed E-state index contributed by atoms with van der Waals surface area (Å²) >= 11 is 5.89. The van der Waals surface area contributed by atoms with E-state index < -0.39 is 11.7 Å². The number of amides is 1. The van der Waals surface area contributed by atoms with E-state index in [9.17, 15) is 9.18 Å². The van der Waals surface area contributed by atoms with Crippen molar-refractivity contribution in [2.45, 2.75) is 26.3 Å². The van der Waals surface area contributed by atoms with Crippen molar-refractivity contribution in [3.63, 3.8) is 0 Å². The van der Waals surface area contributed by atoms with Crippen LogP contribution in [0.5, 0.6) is 0 Å². The lowest BCUT2D eigenvalue weighted by Crippen LogP contribution is -2.20. The fraction of sp³-hybridized carbons (Fsp3) is 0.222. The van der Waals surface area contributed by atoms with E-state index in [0.29, 0.717) is 17.4 Å². The van der Waals surface area contributed by atoms with Crippen LogP contribution in [0, 0.1) is 5.82 Å². The van der Waals surface area contributed by atoms with Crippen LogP contribution < -0.4 is 5.32 Å². The van der Waals surface area contributed by atoms with Crippen molar-refractivity contribution < 1.29 is 9.18 Å². The van der Waals surface area contributed by atoms with Gasteiger partial charge in [-0.05, 0) is 34.9 Å². The Hall–Kier alpha value is -2.80. The molecule has 134 valence electrons. The fourth-order valence-corrected chi connectivity index (χ4v) is 2.57. The van der Waals surface area contributed by atoms with E-state index in [1.807, 2.05) is 24.3 Å². The van der Waals surface area contributed by atoms with Gasteiger partial charge in [0, 0.05) is 5.56 Å². The molecule has 2 aromatic carbocycles. The summed E-state index contributed by atoms with van der Waals surface area (Å²) in [6.07, 6.45) is 0. The topological polar surface area (TPSA) is 72.7 Å². The van der Waals surface area contributed by atoms with E-state index in [1.165, 1.54) is 22.5 Å². The number of halogens is 2. The molecule has 1 N–H and O–H groups in total. The highest BCUT2D eigenvalue weighted by Gasteiger charge is 2.11. The highest BCUT2D eigenvalue weighted by atomic mass is 35.5. The summed E-state index contributed by atoms with van der Waals surface area (Å²) < 4.78 is 13.0. The average Bonchev–Trinajstić information content (AvgIpc) is 3.06. The molecule has 0 saturated carbocycles. The van der Waals surface area contributed by atoms with Crippen LogP contribution >= 0.6 is 11.6 Å². The third-order valence-corrected chi connectivity index (χ3v) is 4.09. The van der Waals surface area contributed by atoms with E-state index in [1.54, 1.807) is 0 Å². The molecular formula is C18H17ClFN5O. The van der Waals surface area contributed by atoms with Gasteiger partial charge in [-0.15, -0.1) is 10.2 Å². The van der Waals surface area contributed by atoms with Gasteiger partial charge in [-0.25, -0.2) is 4.39 Å². The first-order valence-corrected chi connectivity index (χ1v) is 8.43. The number of nitrogens with one attached hydrogen (secondary N) is 1. The van der Waals surface area contributed by atoms with Crippen LogP contribution in [0.4, 0.5) is 10.1 Å². The first-order chi connectivity index (χ1) is 12.4. The third-order valence-electron chi connectivity index (χ3n) is 3.78. The summed E-state index contributed by atoms with van der Waals surface area (Å²) in [5.74, 6) is 0.0132. The van der Waals surface area contributed by atoms with Crippen molar-refractivity contribution in [2.75, 3.05) is 5.32 Å². The van der Waals surface area contributed by atoms with Gasteiger partial charge in [-0.1, -0.05) is 49.7 Å². The molecule has 0 bridgehead atoms. The Morgan fingerprint density at radius 3 is 2.62 bits per heavy atom. The van der Waals surface area contributed by atoms with Gasteiger partial charge in [0.1, 0.15) is 12.4 Å². The Balaban J connectivity index is 1.67. The van der Waals surface area contributed by atoms with Crippen LogP contribution in [-0.4, -0.2) is 26.1 Å². The first-order valence-electron chi connectivity index (χ1n) is 8.05. The molecule has 8 heteroatoms.